The Hall–Kier alpha value is -4.36. The fourth-order valence-corrected chi connectivity index (χ4v) is 4.90. The van der Waals surface area contributed by atoms with E-state index in [1.165, 1.54) is 27.3 Å². The molecule has 1 aliphatic heterocycles. The summed E-state index contributed by atoms with van der Waals surface area (Å²) in [5.74, 6) is -2.41. The van der Waals surface area contributed by atoms with Crippen LogP contribution in [0.4, 0.5) is 17.6 Å². The lowest BCUT2D eigenvalue weighted by molar-refractivity contribution is 0.0287. The van der Waals surface area contributed by atoms with E-state index in [-0.39, 0.29) is 40.7 Å². The zero-order valence-electron chi connectivity index (χ0n) is 21.8. The largest absolute Gasteiger partial charge is 0.415 e. The molecule has 1 aliphatic rings. The number of hydrogen-bond acceptors (Lipinski definition) is 7. The van der Waals surface area contributed by atoms with Crippen molar-refractivity contribution in [3.8, 4) is 22.6 Å². The van der Waals surface area contributed by atoms with Crippen molar-refractivity contribution in [2.75, 3.05) is 19.7 Å². The topological polar surface area (TPSA) is 100 Å². The number of aromatic nitrogens is 5. The van der Waals surface area contributed by atoms with Crippen molar-refractivity contribution < 1.29 is 26.7 Å². The fourth-order valence-electron chi connectivity index (χ4n) is 4.90. The molecular formula is C28H24F4N6O3. The van der Waals surface area contributed by atoms with E-state index in [2.05, 4.69) is 20.5 Å². The number of morpholine rings is 1. The Bertz CT molecular complexity index is 1770. The number of nitrogens with one attached hydrogen (secondary N) is 1. The van der Waals surface area contributed by atoms with Crippen LogP contribution >= 0.6 is 0 Å². The molecule has 3 aromatic heterocycles. The summed E-state index contributed by atoms with van der Waals surface area (Å²) >= 11 is 0. The summed E-state index contributed by atoms with van der Waals surface area (Å²) in [5.41, 5.74) is 2.16. The number of halogens is 4. The second-order valence-electron chi connectivity index (χ2n) is 9.74. The van der Waals surface area contributed by atoms with Gasteiger partial charge in [0.2, 0.25) is 5.89 Å². The maximum atomic E-state index is 15.4. The molecule has 0 aliphatic carbocycles. The Morgan fingerprint density at radius 3 is 2.56 bits per heavy atom. The molecule has 1 fully saturated rings. The third-order valence-corrected chi connectivity index (χ3v) is 7.07. The Labute approximate surface area is 230 Å². The number of ether oxygens (including phenoxy) is 1. The van der Waals surface area contributed by atoms with Crippen molar-refractivity contribution >= 4 is 11.0 Å². The first-order valence-electron chi connectivity index (χ1n) is 12.8. The van der Waals surface area contributed by atoms with E-state index in [0.717, 1.165) is 24.8 Å². The highest BCUT2D eigenvalue weighted by Gasteiger charge is 2.20. The van der Waals surface area contributed by atoms with E-state index in [1.807, 2.05) is 6.07 Å². The molecule has 41 heavy (non-hydrogen) atoms. The number of alkyl halides is 2. The van der Waals surface area contributed by atoms with Crippen molar-refractivity contribution in [3.63, 3.8) is 0 Å². The second-order valence-corrected chi connectivity index (χ2v) is 9.74. The average molecular weight is 569 g/mol. The summed E-state index contributed by atoms with van der Waals surface area (Å²) in [6, 6.07) is 10.3. The van der Waals surface area contributed by atoms with Gasteiger partial charge in [-0.1, -0.05) is 12.1 Å². The summed E-state index contributed by atoms with van der Waals surface area (Å²) in [5, 5.41) is 10.0. The molecule has 0 bridgehead atoms. The van der Waals surface area contributed by atoms with Crippen molar-refractivity contribution in [1.29, 1.82) is 0 Å². The van der Waals surface area contributed by atoms with Gasteiger partial charge in [0.1, 0.15) is 11.6 Å². The molecule has 0 amide bonds. The molecule has 0 radical (unpaired) electrons. The third-order valence-electron chi connectivity index (χ3n) is 7.07. The molecule has 5 aromatic rings. The quantitative estimate of drug-likeness (QED) is 0.293. The molecule has 1 N–H and O–H groups in total. The molecule has 13 heteroatoms. The van der Waals surface area contributed by atoms with Gasteiger partial charge in [-0.2, -0.15) is 8.78 Å². The lowest BCUT2D eigenvalue weighted by atomic mass is 10.0. The Balaban J connectivity index is 1.27. The van der Waals surface area contributed by atoms with Gasteiger partial charge in [-0.25, -0.2) is 13.6 Å². The number of nitrogens with zero attached hydrogens (tertiary/aromatic N) is 5. The number of aryl methyl sites for hydroxylation is 1. The van der Waals surface area contributed by atoms with E-state index in [1.54, 1.807) is 25.4 Å². The van der Waals surface area contributed by atoms with Gasteiger partial charge < -0.3 is 14.5 Å². The van der Waals surface area contributed by atoms with Crippen LogP contribution in [0.1, 0.15) is 23.6 Å². The summed E-state index contributed by atoms with van der Waals surface area (Å²) in [7, 11) is 1.55. The van der Waals surface area contributed by atoms with Gasteiger partial charge in [0.15, 0.2) is 0 Å². The van der Waals surface area contributed by atoms with Crippen LogP contribution in [0.15, 0.2) is 57.9 Å². The van der Waals surface area contributed by atoms with E-state index in [9.17, 15) is 13.6 Å². The molecule has 1 saturated heterocycles. The molecule has 2 aromatic carbocycles. The first-order valence-corrected chi connectivity index (χ1v) is 12.8. The van der Waals surface area contributed by atoms with Gasteiger partial charge in [-0.15, -0.1) is 10.2 Å². The first-order chi connectivity index (χ1) is 19.8. The molecule has 1 atom stereocenters. The van der Waals surface area contributed by atoms with Crippen molar-refractivity contribution in [2.24, 2.45) is 7.05 Å². The maximum absolute atomic E-state index is 15.4. The fraction of sp³-hybridized carbons (Fsp3) is 0.286. The van der Waals surface area contributed by atoms with E-state index in [4.69, 9.17) is 9.15 Å². The van der Waals surface area contributed by atoms with Gasteiger partial charge in [-0.3, -0.25) is 14.1 Å². The van der Waals surface area contributed by atoms with Crippen LogP contribution in [0.25, 0.3) is 33.6 Å². The number of rotatable bonds is 7. The molecule has 6 rings (SSSR count). The molecule has 0 saturated carbocycles. The maximum Gasteiger partial charge on any atom is 0.329 e. The monoisotopic (exact) mass is 568 g/mol. The lowest BCUT2D eigenvalue weighted by Crippen LogP contribution is -2.39. The number of imidazole rings is 1. The zero-order chi connectivity index (χ0) is 28.7. The highest BCUT2D eigenvalue weighted by Crippen LogP contribution is 2.29. The van der Waals surface area contributed by atoms with Crippen LogP contribution in [0.3, 0.4) is 0 Å². The average Bonchev–Trinajstić information content (AvgIpc) is 3.55. The number of pyridine rings is 1. The Morgan fingerprint density at radius 2 is 1.88 bits per heavy atom. The molecule has 1 unspecified atom stereocenters. The van der Waals surface area contributed by atoms with Crippen LogP contribution < -0.4 is 11.0 Å². The number of hydrogen-bond donors (Lipinski definition) is 1. The lowest BCUT2D eigenvalue weighted by Gasteiger charge is -2.23. The minimum absolute atomic E-state index is 0.0303. The standard InChI is InChI=1S/C28H24F4N6O3/c1-37-23-10-20(16-4-5-18(34-12-16)9-19-13-33-6-7-40-19)22(30)11-24(23)38(28(37)39)14-17-3-2-15(8-21(17)29)26-35-36-27(41-26)25(31)32/h2-5,8,10-12,19,25,33H,6-7,9,13-14H2,1H3. The highest BCUT2D eigenvalue weighted by atomic mass is 19.3. The highest BCUT2D eigenvalue weighted by molar-refractivity contribution is 5.83. The zero-order valence-corrected chi connectivity index (χ0v) is 21.8. The van der Waals surface area contributed by atoms with Gasteiger partial charge in [-0.05, 0) is 24.3 Å². The minimum atomic E-state index is -2.95. The predicted molar refractivity (Wildman–Crippen MR) is 140 cm³/mol. The van der Waals surface area contributed by atoms with Gasteiger partial charge in [0.25, 0.3) is 5.89 Å². The molecule has 4 heterocycles. The summed E-state index contributed by atoms with van der Waals surface area (Å²) in [6.07, 6.45) is -0.692. The first kappa shape index (κ1) is 26.8. The summed E-state index contributed by atoms with van der Waals surface area (Å²) in [4.78, 5) is 17.6. The summed E-state index contributed by atoms with van der Waals surface area (Å²) in [6.45, 7) is 2.02. The van der Waals surface area contributed by atoms with Gasteiger partial charge in [0, 0.05) is 66.8 Å². The van der Waals surface area contributed by atoms with Crippen LogP contribution in [-0.4, -0.2) is 50.1 Å². The SMILES string of the molecule is Cn1c(=O)n(Cc2ccc(-c3nnc(C(F)F)o3)cc2F)c2cc(F)c(-c3ccc(CC4CNCCO4)nc3)cc21. The number of benzene rings is 2. The molecule has 9 nitrogen and oxygen atoms in total. The van der Waals surface area contributed by atoms with E-state index >= 15 is 8.78 Å². The molecule has 0 spiro atoms. The van der Waals surface area contributed by atoms with Crippen LogP contribution in [-0.2, 0) is 24.8 Å². The van der Waals surface area contributed by atoms with Crippen LogP contribution in [0.5, 0.6) is 0 Å². The van der Waals surface area contributed by atoms with Crippen molar-refractivity contribution in [2.45, 2.75) is 25.5 Å². The smallest absolute Gasteiger partial charge is 0.329 e. The molecular weight excluding hydrogens is 544 g/mol. The summed E-state index contributed by atoms with van der Waals surface area (Å²) < 4.78 is 69.1. The Morgan fingerprint density at radius 1 is 1.05 bits per heavy atom. The predicted octanol–water partition coefficient (Wildman–Crippen LogP) is 4.25. The normalized spacial score (nSPS) is 15.7. The number of fused-ring (bicyclic) bond motifs is 1. The van der Waals surface area contributed by atoms with Crippen molar-refractivity contribution in [1.82, 2.24) is 29.6 Å². The van der Waals surface area contributed by atoms with E-state index in [0.29, 0.717) is 24.1 Å². The Kier molecular flexibility index (Phi) is 7.14. The van der Waals surface area contributed by atoms with E-state index < -0.39 is 29.6 Å². The third kappa shape index (κ3) is 5.25. The van der Waals surface area contributed by atoms with Crippen molar-refractivity contribution in [3.05, 3.63) is 87.9 Å². The molecule has 212 valence electrons. The minimum Gasteiger partial charge on any atom is -0.415 e. The van der Waals surface area contributed by atoms with Gasteiger partial charge in [0.05, 0.1) is 30.3 Å². The van der Waals surface area contributed by atoms with Gasteiger partial charge >= 0.3 is 12.1 Å². The second kappa shape index (κ2) is 10.9. The van der Waals surface area contributed by atoms with Crippen LogP contribution in [0, 0.1) is 11.6 Å². The van der Waals surface area contributed by atoms with Crippen LogP contribution in [0.2, 0.25) is 0 Å².